The Morgan fingerprint density at radius 2 is 2.06 bits per heavy atom. The van der Waals surface area contributed by atoms with E-state index in [0.29, 0.717) is 12.1 Å². The van der Waals surface area contributed by atoms with E-state index in [1.54, 1.807) is 0 Å². The Hall–Kier alpha value is -0.340. The van der Waals surface area contributed by atoms with E-state index in [0.717, 1.165) is 18.9 Å². The third-order valence-electron chi connectivity index (χ3n) is 4.16. The molecule has 1 saturated carbocycles. The molecule has 1 N–H and O–H groups in total. The molecule has 2 atom stereocenters. The summed E-state index contributed by atoms with van der Waals surface area (Å²) in [5.74, 6) is 0.764. The molecule has 1 aliphatic rings. The minimum atomic E-state index is 0.408. The summed E-state index contributed by atoms with van der Waals surface area (Å²) in [6.07, 6.45) is 12.8. The molecule has 18 heavy (non-hydrogen) atoms. The van der Waals surface area contributed by atoms with E-state index in [-0.39, 0.29) is 0 Å². The van der Waals surface area contributed by atoms with Gasteiger partial charge in [-0.25, -0.2) is 0 Å². The third-order valence-corrected chi connectivity index (χ3v) is 4.16. The summed E-state index contributed by atoms with van der Waals surface area (Å²) >= 11 is 0. The summed E-state index contributed by atoms with van der Waals surface area (Å²) in [5, 5.41) is 3.48. The Balaban J connectivity index is 2.51. The van der Waals surface area contributed by atoms with Gasteiger partial charge in [-0.1, -0.05) is 25.3 Å². The second-order valence-electron chi connectivity index (χ2n) is 5.43. The van der Waals surface area contributed by atoms with Gasteiger partial charge in [0.15, 0.2) is 0 Å². The van der Waals surface area contributed by atoms with Crippen molar-refractivity contribution in [2.24, 2.45) is 5.92 Å². The number of likely N-dealkylation sites (N-methyl/N-ethyl adjacent to an activating group) is 1. The van der Waals surface area contributed by atoms with Gasteiger partial charge in [0.25, 0.3) is 0 Å². The Kier molecular flexibility index (Phi) is 8.36. The molecule has 2 unspecified atom stereocenters. The first kappa shape index (κ1) is 15.7. The van der Waals surface area contributed by atoms with Gasteiger partial charge in [-0.3, -0.25) is 0 Å². The molecule has 1 rings (SSSR count). The summed E-state index contributed by atoms with van der Waals surface area (Å²) in [5.41, 5.74) is 0. The van der Waals surface area contributed by atoms with Crippen molar-refractivity contribution >= 4 is 0 Å². The fourth-order valence-electron chi connectivity index (χ4n) is 3.19. The van der Waals surface area contributed by atoms with Crippen LogP contribution in [0.5, 0.6) is 0 Å². The summed E-state index contributed by atoms with van der Waals surface area (Å²) in [7, 11) is 2.08. The van der Waals surface area contributed by atoms with Crippen molar-refractivity contribution in [3.05, 3.63) is 12.7 Å². The van der Waals surface area contributed by atoms with Gasteiger partial charge in [0.2, 0.25) is 0 Å². The van der Waals surface area contributed by atoms with Crippen LogP contribution in [0.2, 0.25) is 0 Å². The van der Waals surface area contributed by atoms with E-state index in [9.17, 15) is 0 Å². The highest BCUT2D eigenvalue weighted by Gasteiger charge is 2.29. The monoisotopic (exact) mass is 253 g/mol. The second kappa shape index (κ2) is 9.57. The van der Waals surface area contributed by atoms with Gasteiger partial charge in [0, 0.05) is 12.6 Å². The van der Waals surface area contributed by atoms with Gasteiger partial charge >= 0.3 is 0 Å². The molecule has 106 valence electrons. The van der Waals surface area contributed by atoms with Crippen LogP contribution in [0.4, 0.5) is 0 Å². The number of allylic oxidation sites excluding steroid dienone is 1. The van der Waals surface area contributed by atoms with E-state index in [2.05, 4.69) is 25.9 Å². The lowest BCUT2D eigenvalue weighted by Gasteiger charge is -2.35. The number of rotatable bonds is 9. The van der Waals surface area contributed by atoms with Crippen molar-refractivity contribution in [1.82, 2.24) is 5.32 Å². The standard InChI is InChI=1S/C16H31NO/c1-4-6-8-13-15(17-3)16(18-5-2)14-11-9-7-10-12-14/h4,14-17H,1,5-13H2,2-3H3. The number of unbranched alkanes of at least 4 members (excludes halogenated alkanes) is 1. The van der Waals surface area contributed by atoms with Crippen LogP contribution in [0.25, 0.3) is 0 Å². The first-order chi connectivity index (χ1) is 8.83. The zero-order chi connectivity index (χ0) is 13.2. The summed E-state index contributed by atoms with van der Waals surface area (Å²) in [4.78, 5) is 0. The lowest BCUT2D eigenvalue weighted by Crippen LogP contribution is -2.44. The third kappa shape index (κ3) is 5.11. The van der Waals surface area contributed by atoms with Crippen molar-refractivity contribution in [2.75, 3.05) is 13.7 Å². The molecule has 0 aliphatic heterocycles. The molecule has 0 amide bonds. The van der Waals surface area contributed by atoms with E-state index in [4.69, 9.17) is 4.74 Å². The number of ether oxygens (including phenoxy) is 1. The molecule has 2 nitrogen and oxygen atoms in total. The fourth-order valence-corrected chi connectivity index (χ4v) is 3.19. The smallest absolute Gasteiger partial charge is 0.0755 e. The topological polar surface area (TPSA) is 21.3 Å². The molecule has 1 aliphatic carbocycles. The highest BCUT2D eigenvalue weighted by Crippen LogP contribution is 2.30. The zero-order valence-corrected chi connectivity index (χ0v) is 12.3. The second-order valence-corrected chi connectivity index (χ2v) is 5.43. The Morgan fingerprint density at radius 1 is 1.33 bits per heavy atom. The van der Waals surface area contributed by atoms with Crippen LogP contribution in [-0.2, 0) is 4.74 Å². The number of nitrogens with one attached hydrogen (secondary N) is 1. The van der Waals surface area contributed by atoms with E-state index < -0.39 is 0 Å². The van der Waals surface area contributed by atoms with E-state index >= 15 is 0 Å². The average Bonchev–Trinajstić information content (AvgIpc) is 2.43. The molecule has 0 bridgehead atoms. The quantitative estimate of drug-likeness (QED) is 0.497. The van der Waals surface area contributed by atoms with Gasteiger partial charge in [0.1, 0.15) is 0 Å². The fraction of sp³-hybridized carbons (Fsp3) is 0.875. The molecule has 0 radical (unpaired) electrons. The van der Waals surface area contributed by atoms with Crippen molar-refractivity contribution < 1.29 is 4.74 Å². The molecule has 0 saturated heterocycles. The first-order valence-corrected chi connectivity index (χ1v) is 7.73. The number of hydrogen-bond donors (Lipinski definition) is 1. The maximum absolute atomic E-state index is 6.08. The van der Waals surface area contributed by atoms with Crippen LogP contribution < -0.4 is 5.32 Å². The molecular weight excluding hydrogens is 222 g/mol. The van der Waals surface area contributed by atoms with E-state index in [1.165, 1.54) is 44.9 Å². The van der Waals surface area contributed by atoms with Crippen LogP contribution >= 0.6 is 0 Å². The highest BCUT2D eigenvalue weighted by molar-refractivity contribution is 4.85. The zero-order valence-electron chi connectivity index (χ0n) is 12.3. The molecule has 2 heteroatoms. The molecule has 1 fully saturated rings. The molecule has 0 heterocycles. The minimum Gasteiger partial charge on any atom is -0.377 e. The van der Waals surface area contributed by atoms with Crippen molar-refractivity contribution in [3.8, 4) is 0 Å². The first-order valence-electron chi connectivity index (χ1n) is 7.73. The van der Waals surface area contributed by atoms with Crippen LogP contribution in [-0.4, -0.2) is 25.8 Å². The lowest BCUT2D eigenvalue weighted by atomic mass is 9.81. The minimum absolute atomic E-state index is 0.408. The van der Waals surface area contributed by atoms with Crippen LogP contribution in [0.3, 0.4) is 0 Å². The normalized spacial score (nSPS) is 20.6. The van der Waals surface area contributed by atoms with Crippen LogP contribution in [0.15, 0.2) is 12.7 Å². The molecular formula is C16H31NO. The maximum atomic E-state index is 6.08. The average molecular weight is 253 g/mol. The van der Waals surface area contributed by atoms with Gasteiger partial charge in [0.05, 0.1) is 6.10 Å². The summed E-state index contributed by atoms with van der Waals surface area (Å²) in [6, 6.07) is 0.507. The summed E-state index contributed by atoms with van der Waals surface area (Å²) < 4.78 is 6.08. The predicted octanol–water partition coefficient (Wildman–Crippen LogP) is 3.92. The van der Waals surface area contributed by atoms with Gasteiger partial charge in [-0.05, 0) is 52.0 Å². The Morgan fingerprint density at radius 3 is 2.61 bits per heavy atom. The maximum Gasteiger partial charge on any atom is 0.0755 e. The van der Waals surface area contributed by atoms with Crippen molar-refractivity contribution in [1.29, 1.82) is 0 Å². The highest BCUT2D eigenvalue weighted by atomic mass is 16.5. The van der Waals surface area contributed by atoms with E-state index in [1.807, 2.05) is 6.08 Å². The largest absolute Gasteiger partial charge is 0.377 e. The Bertz CT molecular complexity index is 211. The Labute approximate surface area is 113 Å². The van der Waals surface area contributed by atoms with Crippen LogP contribution in [0, 0.1) is 5.92 Å². The van der Waals surface area contributed by atoms with Gasteiger partial charge < -0.3 is 10.1 Å². The van der Waals surface area contributed by atoms with Crippen molar-refractivity contribution in [2.45, 2.75) is 70.4 Å². The van der Waals surface area contributed by atoms with Crippen LogP contribution in [0.1, 0.15) is 58.3 Å². The van der Waals surface area contributed by atoms with Gasteiger partial charge in [-0.2, -0.15) is 0 Å². The van der Waals surface area contributed by atoms with Crippen molar-refractivity contribution in [3.63, 3.8) is 0 Å². The number of hydrogen-bond acceptors (Lipinski definition) is 2. The lowest BCUT2D eigenvalue weighted by molar-refractivity contribution is -0.0180. The molecule has 0 spiro atoms. The summed E-state index contributed by atoms with van der Waals surface area (Å²) in [6.45, 7) is 6.75. The molecule has 0 aromatic rings. The molecule has 0 aromatic heterocycles. The molecule has 0 aromatic carbocycles. The predicted molar refractivity (Wildman–Crippen MR) is 78.9 cm³/mol. The SMILES string of the molecule is C=CCCCC(NC)C(OCC)C1CCCCC1. The van der Waals surface area contributed by atoms with Gasteiger partial charge in [-0.15, -0.1) is 6.58 Å².